The van der Waals surface area contributed by atoms with E-state index in [0.717, 1.165) is 5.69 Å². The quantitative estimate of drug-likeness (QED) is 0.843. The summed E-state index contributed by atoms with van der Waals surface area (Å²) in [5.74, 6) is -0.491. The van der Waals surface area contributed by atoms with Gasteiger partial charge in [0.2, 0.25) is 5.91 Å². The van der Waals surface area contributed by atoms with Crippen molar-refractivity contribution in [3.63, 3.8) is 0 Å². The molecule has 0 unspecified atom stereocenters. The highest BCUT2D eigenvalue weighted by atomic mass is 35.5. The molecule has 0 spiro atoms. The summed E-state index contributed by atoms with van der Waals surface area (Å²) in [5, 5.41) is 6.70. The van der Waals surface area contributed by atoms with E-state index in [-0.39, 0.29) is 18.4 Å². The molecule has 0 aliphatic carbocycles. The van der Waals surface area contributed by atoms with E-state index in [1.165, 1.54) is 4.90 Å². The van der Waals surface area contributed by atoms with E-state index in [1.807, 2.05) is 24.3 Å². The molecule has 0 aromatic heterocycles. The number of nitrogens with one attached hydrogen (secondary N) is 2. The zero-order valence-electron chi connectivity index (χ0n) is 13.8. The van der Waals surface area contributed by atoms with Crippen LogP contribution >= 0.6 is 23.2 Å². The van der Waals surface area contributed by atoms with Crippen LogP contribution in [0, 0.1) is 0 Å². The lowest BCUT2D eigenvalue weighted by Crippen LogP contribution is -2.55. The first-order valence-electron chi connectivity index (χ1n) is 7.72. The number of halogens is 2. The second-order valence-electron chi connectivity index (χ2n) is 6.34. The van der Waals surface area contributed by atoms with E-state index < -0.39 is 5.54 Å². The molecule has 7 heteroatoms. The Balaban J connectivity index is 1.82. The first-order valence-corrected chi connectivity index (χ1v) is 8.47. The number of carbonyl (C=O) groups is 2. The highest BCUT2D eigenvalue weighted by Crippen LogP contribution is 2.35. The third-order valence-corrected chi connectivity index (χ3v) is 4.67. The van der Waals surface area contributed by atoms with Crippen molar-refractivity contribution in [1.82, 2.24) is 0 Å². The fourth-order valence-corrected chi connectivity index (χ4v) is 3.02. The largest absolute Gasteiger partial charge is 0.370 e. The monoisotopic (exact) mass is 377 g/mol. The number of carbonyl (C=O) groups excluding carboxylic acids is 2. The van der Waals surface area contributed by atoms with E-state index in [0.29, 0.717) is 21.4 Å². The van der Waals surface area contributed by atoms with Crippen LogP contribution in [0.1, 0.15) is 13.8 Å². The van der Waals surface area contributed by atoms with Gasteiger partial charge in [0.25, 0.3) is 5.91 Å². The molecule has 0 fully saturated rings. The molecular formula is C18H17Cl2N3O2. The van der Waals surface area contributed by atoms with Gasteiger partial charge in [-0.25, -0.2) is 0 Å². The Morgan fingerprint density at radius 1 is 1.16 bits per heavy atom. The van der Waals surface area contributed by atoms with E-state index >= 15 is 0 Å². The van der Waals surface area contributed by atoms with Crippen molar-refractivity contribution in [2.45, 2.75) is 19.4 Å². The van der Waals surface area contributed by atoms with Crippen molar-refractivity contribution in [2.24, 2.45) is 0 Å². The molecule has 1 heterocycles. The molecule has 2 aromatic rings. The zero-order valence-corrected chi connectivity index (χ0v) is 15.3. The van der Waals surface area contributed by atoms with Crippen LogP contribution in [0.2, 0.25) is 10.0 Å². The summed E-state index contributed by atoms with van der Waals surface area (Å²) in [6.07, 6.45) is 0. The molecule has 3 rings (SSSR count). The molecule has 1 aliphatic rings. The second-order valence-corrected chi connectivity index (χ2v) is 7.15. The first kappa shape index (κ1) is 17.6. The average Bonchev–Trinajstić information content (AvgIpc) is 2.55. The number of para-hydroxylation sites is 2. The number of benzene rings is 2. The number of anilines is 3. The van der Waals surface area contributed by atoms with Crippen LogP contribution in [0.5, 0.6) is 0 Å². The van der Waals surface area contributed by atoms with Gasteiger partial charge in [-0.05, 0) is 44.2 Å². The van der Waals surface area contributed by atoms with Crippen LogP contribution in [-0.2, 0) is 9.59 Å². The Morgan fingerprint density at radius 2 is 1.88 bits per heavy atom. The van der Waals surface area contributed by atoms with Gasteiger partial charge in [0.1, 0.15) is 12.1 Å². The normalized spacial score (nSPS) is 15.4. The van der Waals surface area contributed by atoms with Crippen molar-refractivity contribution in [2.75, 3.05) is 22.1 Å². The Hall–Kier alpha value is -2.24. The molecule has 0 saturated heterocycles. The van der Waals surface area contributed by atoms with E-state index in [4.69, 9.17) is 23.2 Å². The first-order chi connectivity index (χ1) is 11.8. The molecule has 0 bridgehead atoms. The number of nitrogens with zero attached hydrogens (tertiary/aromatic N) is 1. The van der Waals surface area contributed by atoms with Crippen LogP contribution < -0.4 is 15.5 Å². The third-order valence-electron chi connectivity index (χ3n) is 3.93. The van der Waals surface area contributed by atoms with Gasteiger partial charge in [-0.2, -0.15) is 0 Å². The lowest BCUT2D eigenvalue weighted by molar-refractivity contribution is -0.124. The minimum absolute atomic E-state index is 0.0960. The van der Waals surface area contributed by atoms with Crippen LogP contribution in [0.4, 0.5) is 17.1 Å². The number of rotatable bonds is 3. The van der Waals surface area contributed by atoms with Crippen molar-refractivity contribution in [1.29, 1.82) is 0 Å². The molecule has 130 valence electrons. The maximum Gasteiger partial charge on any atom is 0.252 e. The van der Waals surface area contributed by atoms with Gasteiger partial charge in [0, 0.05) is 5.69 Å². The van der Waals surface area contributed by atoms with Gasteiger partial charge in [-0.1, -0.05) is 35.3 Å². The number of amides is 2. The smallest absolute Gasteiger partial charge is 0.252 e. The lowest BCUT2D eigenvalue weighted by atomic mass is 9.98. The highest BCUT2D eigenvalue weighted by molar-refractivity contribution is 6.42. The summed E-state index contributed by atoms with van der Waals surface area (Å²) in [6.45, 7) is 3.48. The number of hydrogen-bond donors (Lipinski definition) is 2. The number of fused-ring (bicyclic) bond motifs is 1. The Kier molecular flexibility index (Phi) is 4.62. The van der Waals surface area contributed by atoms with E-state index in [9.17, 15) is 9.59 Å². The van der Waals surface area contributed by atoms with Gasteiger partial charge in [-0.3, -0.25) is 14.5 Å². The Morgan fingerprint density at radius 3 is 2.60 bits per heavy atom. The SMILES string of the molecule is CC1(C)Nc2ccccc2N(CC(=O)Nc2ccc(Cl)c(Cl)c2)C1=O. The number of hydrogen-bond acceptors (Lipinski definition) is 3. The molecular weight excluding hydrogens is 361 g/mol. The minimum atomic E-state index is -0.793. The standard InChI is InChI=1S/C18H17Cl2N3O2/c1-18(2)17(25)23(15-6-4-3-5-14(15)22-18)10-16(24)21-11-7-8-12(19)13(20)9-11/h3-9,22H,10H2,1-2H3,(H,21,24). The van der Waals surface area contributed by atoms with Crippen LogP contribution in [0.25, 0.3) is 0 Å². The topological polar surface area (TPSA) is 61.4 Å². The Labute approximate surface area is 155 Å². The summed E-state index contributed by atoms with van der Waals surface area (Å²) in [7, 11) is 0. The van der Waals surface area contributed by atoms with Gasteiger partial charge in [0.05, 0.1) is 21.4 Å². The van der Waals surface area contributed by atoms with Crippen LogP contribution in [0.3, 0.4) is 0 Å². The average molecular weight is 378 g/mol. The van der Waals surface area contributed by atoms with Gasteiger partial charge in [-0.15, -0.1) is 0 Å². The molecule has 0 radical (unpaired) electrons. The van der Waals surface area contributed by atoms with Crippen molar-refractivity contribution < 1.29 is 9.59 Å². The van der Waals surface area contributed by atoms with Gasteiger partial charge in [0.15, 0.2) is 0 Å². The molecule has 2 amide bonds. The van der Waals surface area contributed by atoms with Gasteiger partial charge >= 0.3 is 0 Å². The van der Waals surface area contributed by atoms with Crippen molar-refractivity contribution >= 4 is 52.1 Å². The predicted octanol–water partition coefficient (Wildman–Crippen LogP) is 4.17. The molecule has 2 N–H and O–H groups in total. The minimum Gasteiger partial charge on any atom is -0.370 e. The van der Waals surface area contributed by atoms with Crippen molar-refractivity contribution in [3.05, 3.63) is 52.5 Å². The Bertz CT molecular complexity index is 852. The zero-order chi connectivity index (χ0) is 18.2. The van der Waals surface area contributed by atoms with Crippen molar-refractivity contribution in [3.8, 4) is 0 Å². The fourth-order valence-electron chi connectivity index (χ4n) is 2.73. The molecule has 1 aliphatic heterocycles. The van der Waals surface area contributed by atoms with E-state index in [2.05, 4.69) is 10.6 Å². The molecule has 25 heavy (non-hydrogen) atoms. The summed E-state index contributed by atoms with van der Waals surface area (Å²) >= 11 is 11.8. The second kappa shape index (κ2) is 6.58. The molecule has 0 atom stereocenters. The summed E-state index contributed by atoms with van der Waals surface area (Å²) in [6, 6.07) is 12.2. The van der Waals surface area contributed by atoms with Crippen LogP contribution in [0.15, 0.2) is 42.5 Å². The molecule has 5 nitrogen and oxygen atoms in total. The van der Waals surface area contributed by atoms with E-state index in [1.54, 1.807) is 32.0 Å². The van der Waals surface area contributed by atoms with Crippen LogP contribution in [-0.4, -0.2) is 23.9 Å². The molecule has 0 saturated carbocycles. The predicted molar refractivity (Wildman–Crippen MR) is 102 cm³/mol. The maximum atomic E-state index is 12.7. The third kappa shape index (κ3) is 3.57. The maximum absolute atomic E-state index is 12.7. The summed E-state index contributed by atoms with van der Waals surface area (Å²) in [4.78, 5) is 26.7. The fraction of sp³-hybridized carbons (Fsp3) is 0.222. The van der Waals surface area contributed by atoms with Gasteiger partial charge < -0.3 is 10.6 Å². The highest BCUT2D eigenvalue weighted by Gasteiger charge is 2.39. The lowest BCUT2D eigenvalue weighted by Gasteiger charge is -2.39. The summed E-state index contributed by atoms with van der Waals surface area (Å²) in [5.41, 5.74) is 1.22. The summed E-state index contributed by atoms with van der Waals surface area (Å²) < 4.78 is 0. The molecule has 2 aromatic carbocycles.